The van der Waals surface area contributed by atoms with Crippen LogP contribution in [0.1, 0.15) is 30.2 Å². The third kappa shape index (κ3) is 2.75. The monoisotopic (exact) mass is 395 g/mol. The molecule has 2 aromatic rings. The van der Waals surface area contributed by atoms with Crippen LogP contribution in [0.15, 0.2) is 52.9 Å². The molecule has 1 unspecified atom stereocenters. The number of ether oxygens (including phenoxy) is 1. The summed E-state index contributed by atoms with van der Waals surface area (Å²) in [4.78, 5) is 28.8. The number of thiophene rings is 1. The second-order valence-electron chi connectivity index (χ2n) is 6.64. The van der Waals surface area contributed by atoms with Gasteiger partial charge in [0.05, 0.1) is 40.7 Å². The number of hydrogen-bond donors (Lipinski definition) is 2. The summed E-state index contributed by atoms with van der Waals surface area (Å²) in [5.41, 5.74) is 8.89. The molecule has 0 aliphatic carbocycles. The van der Waals surface area contributed by atoms with E-state index in [0.717, 1.165) is 11.3 Å². The van der Waals surface area contributed by atoms with Gasteiger partial charge in [-0.3, -0.25) is 14.5 Å². The Morgan fingerprint density at radius 3 is 2.64 bits per heavy atom. The molecule has 3 heterocycles. The molecule has 144 valence electrons. The van der Waals surface area contributed by atoms with E-state index in [9.17, 15) is 9.59 Å². The van der Waals surface area contributed by atoms with Crippen LogP contribution in [0.4, 0.5) is 0 Å². The van der Waals surface area contributed by atoms with Gasteiger partial charge in [0.15, 0.2) is 0 Å². The summed E-state index contributed by atoms with van der Waals surface area (Å²) in [6.45, 7) is 2.01. The molecular weight excluding hydrogens is 374 g/mol. The van der Waals surface area contributed by atoms with E-state index in [1.54, 1.807) is 12.0 Å². The van der Waals surface area contributed by atoms with E-state index in [1.165, 1.54) is 11.3 Å². The van der Waals surface area contributed by atoms with Gasteiger partial charge in [0.2, 0.25) is 0 Å². The topological polar surface area (TPSA) is 84.7 Å². The lowest BCUT2D eigenvalue weighted by molar-refractivity contribution is -0.124. The van der Waals surface area contributed by atoms with Crippen molar-refractivity contribution in [2.24, 2.45) is 5.73 Å². The molecule has 2 aliphatic rings. The number of hydrogen-bond acceptors (Lipinski definition) is 5. The standard InChI is InChI=1S/C21H21N3O3S/c1-3-7-15(22)24-19(12-8-4-5-9-13(12)27-2)17-16(21(24)26)18(23-20(17)25)14-10-6-11-28-14/h4-6,8-11,15H,3,7,22H2,1-2H3,(H,23,25). The van der Waals surface area contributed by atoms with Crippen LogP contribution < -0.4 is 15.8 Å². The van der Waals surface area contributed by atoms with E-state index in [1.807, 2.05) is 48.7 Å². The fraction of sp³-hybridized carbons (Fsp3) is 0.238. The fourth-order valence-electron chi connectivity index (χ4n) is 3.71. The maximum absolute atomic E-state index is 13.5. The van der Waals surface area contributed by atoms with Crippen molar-refractivity contribution in [2.45, 2.75) is 25.9 Å². The zero-order chi connectivity index (χ0) is 19.8. The van der Waals surface area contributed by atoms with Gasteiger partial charge in [-0.05, 0) is 30.0 Å². The van der Waals surface area contributed by atoms with Crippen molar-refractivity contribution in [1.29, 1.82) is 0 Å². The molecule has 1 aromatic heterocycles. The van der Waals surface area contributed by atoms with Crippen LogP contribution in [0, 0.1) is 0 Å². The molecule has 0 bridgehead atoms. The minimum absolute atomic E-state index is 0.251. The molecule has 1 aromatic carbocycles. The van der Waals surface area contributed by atoms with E-state index >= 15 is 0 Å². The smallest absolute Gasteiger partial charge is 0.262 e. The Hall–Kier alpha value is -2.90. The average molecular weight is 395 g/mol. The summed E-state index contributed by atoms with van der Waals surface area (Å²) in [7, 11) is 1.57. The number of nitrogens with zero attached hydrogens (tertiary/aromatic N) is 1. The molecule has 2 amide bonds. The molecule has 28 heavy (non-hydrogen) atoms. The molecule has 7 heteroatoms. The third-order valence-corrected chi connectivity index (χ3v) is 5.81. The van der Waals surface area contributed by atoms with Crippen LogP contribution in [0.5, 0.6) is 5.75 Å². The third-order valence-electron chi connectivity index (χ3n) is 4.92. The Balaban J connectivity index is 1.99. The quantitative estimate of drug-likeness (QED) is 0.788. The van der Waals surface area contributed by atoms with Crippen LogP contribution in [0.2, 0.25) is 0 Å². The summed E-state index contributed by atoms with van der Waals surface area (Å²) >= 11 is 1.48. The van der Waals surface area contributed by atoms with Crippen molar-refractivity contribution in [2.75, 3.05) is 7.11 Å². The summed E-state index contributed by atoms with van der Waals surface area (Å²) in [6.07, 6.45) is 0.920. The molecule has 2 aliphatic heterocycles. The van der Waals surface area contributed by atoms with E-state index < -0.39 is 6.17 Å². The van der Waals surface area contributed by atoms with Gasteiger partial charge in [0, 0.05) is 5.56 Å². The summed E-state index contributed by atoms with van der Waals surface area (Å²) < 4.78 is 5.51. The molecule has 4 rings (SSSR count). The highest BCUT2D eigenvalue weighted by Gasteiger charge is 2.47. The first kappa shape index (κ1) is 18.5. The van der Waals surface area contributed by atoms with Crippen LogP contribution in [-0.2, 0) is 9.59 Å². The van der Waals surface area contributed by atoms with Crippen LogP contribution in [0.25, 0.3) is 11.4 Å². The number of fused-ring (bicyclic) bond motifs is 1. The van der Waals surface area contributed by atoms with Gasteiger partial charge in [0.25, 0.3) is 11.8 Å². The maximum Gasteiger partial charge on any atom is 0.262 e. The summed E-state index contributed by atoms with van der Waals surface area (Å²) in [6, 6.07) is 11.1. The summed E-state index contributed by atoms with van der Waals surface area (Å²) in [5.74, 6) is 0.0441. The first-order chi connectivity index (χ1) is 13.6. The first-order valence-corrected chi connectivity index (χ1v) is 10.0. The van der Waals surface area contributed by atoms with Gasteiger partial charge in [-0.25, -0.2) is 0 Å². The van der Waals surface area contributed by atoms with Gasteiger partial charge in [-0.1, -0.05) is 31.5 Å². The number of carbonyl (C=O) groups is 2. The van der Waals surface area contributed by atoms with Crippen LogP contribution in [0.3, 0.4) is 0 Å². The number of carbonyl (C=O) groups excluding carboxylic acids is 2. The van der Waals surface area contributed by atoms with E-state index in [2.05, 4.69) is 5.32 Å². The van der Waals surface area contributed by atoms with Crippen molar-refractivity contribution in [3.05, 3.63) is 63.4 Å². The zero-order valence-corrected chi connectivity index (χ0v) is 16.5. The number of methoxy groups -OCH3 is 1. The zero-order valence-electron chi connectivity index (χ0n) is 15.7. The van der Waals surface area contributed by atoms with E-state index in [4.69, 9.17) is 10.5 Å². The van der Waals surface area contributed by atoms with Crippen molar-refractivity contribution < 1.29 is 14.3 Å². The normalized spacial score (nSPS) is 17.3. The predicted octanol–water partition coefficient (Wildman–Crippen LogP) is 2.94. The number of rotatable bonds is 6. The van der Waals surface area contributed by atoms with Crippen molar-refractivity contribution >= 4 is 34.5 Å². The second kappa shape index (κ2) is 7.26. The van der Waals surface area contributed by atoms with Crippen LogP contribution in [-0.4, -0.2) is 30.0 Å². The molecule has 1 atom stereocenters. The Kier molecular flexibility index (Phi) is 4.78. The number of amides is 2. The molecule has 0 radical (unpaired) electrons. The SMILES string of the molecule is CCCC(N)N1C(=O)C2=C(c3cccs3)NC(=O)C2=C1c1ccccc1OC. The van der Waals surface area contributed by atoms with Gasteiger partial charge in [0.1, 0.15) is 5.75 Å². The predicted molar refractivity (Wildman–Crippen MR) is 109 cm³/mol. The van der Waals surface area contributed by atoms with Gasteiger partial charge in [-0.2, -0.15) is 0 Å². The highest BCUT2D eigenvalue weighted by atomic mass is 32.1. The van der Waals surface area contributed by atoms with Gasteiger partial charge >= 0.3 is 0 Å². The lowest BCUT2D eigenvalue weighted by Crippen LogP contribution is -2.43. The number of nitrogens with one attached hydrogen (secondary N) is 1. The Morgan fingerprint density at radius 1 is 1.18 bits per heavy atom. The van der Waals surface area contributed by atoms with Gasteiger partial charge < -0.3 is 15.8 Å². The number of nitrogens with two attached hydrogens (primary N) is 1. The van der Waals surface area contributed by atoms with Crippen molar-refractivity contribution in [3.8, 4) is 5.75 Å². The maximum atomic E-state index is 13.5. The molecule has 0 fully saturated rings. The largest absolute Gasteiger partial charge is 0.496 e. The van der Waals surface area contributed by atoms with E-state index in [0.29, 0.717) is 40.3 Å². The minimum Gasteiger partial charge on any atom is -0.496 e. The molecular formula is C21H21N3O3S. The minimum atomic E-state index is -0.527. The van der Waals surface area contributed by atoms with Crippen molar-refractivity contribution in [3.63, 3.8) is 0 Å². The molecule has 6 nitrogen and oxygen atoms in total. The highest BCUT2D eigenvalue weighted by molar-refractivity contribution is 7.11. The average Bonchev–Trinajstić information content (AvgIpc) is 3.39. The summed E-state index contributed by atoms with van der Waals surface area (Å²) in [5, 5.41) is 4.80. The van der Waals surface area contributed by atoms with Crippen LogP contribution >= 0.6 is 11.3 Å². The molecule has 0 spiro atoms. The molecule has 3 N–H and O–H groups in total. The Morgan fingerprint density at radius 2 is 1.96 bits per heavy atom. The molecule has 0 saturated carbocycles. The Bertz CT molecular complexity index is 1010. The highest BCUT2D eigenvalue weighted by Crippen LogP contribution is 2.45. The number of benzene rings is 1. The van der Waals surface area contributed by atoms with Gasteiger partial charge in [-0.15, -0.1) is 11.3 Å². The Labute approximate surface area is 167 Å². The first-order valence-electron chi connectivity index (χ1n) is 9.15. The second-order valence-corrected chi connectivity index (χ2v) is 7.58. The van der Waals surface area contributed by atoms with E-state index in [-0.39, 0.29) is 11.8 Å². The van der Waals surface area contributed by atoms with Crippen molar-refractivity contribution in [1.82, 2.24) is 10.2 Å². The molecule has 0 saturated heterocycles. The number of para-hydroxylation sites is 1. The lowest BCUT2D eigenvalue weighted by Gasteiger charge is -2.28. The fourth-order valence-corrected chi connectivity index (χ4v) is 4.44. The lowest BCUT2D eigenvalue weighted by atomic mass is 10.0.